The number of aliphatic hydroxyl groups is 2. The number of esters is 1. The van der Waals surface area contributed by atoms with Crippen LogP contribution in [0.2, 0.25) is 0 Å². The SMILES string of the molecule is CCCCC/C=C\C/C=C\C/C=C\CCCCCCC(CC(=O)NC(CO)C(O)CCCCCCCCCCCCCCCCCC)OC(=O)CCCCCCCCCCCCCCC. The van der Waals surface area contributed by atoms with Crippen LogP contribution in [0.4, 0.5) is 0 Å². The first-order valence-corrected chi connectivity index (χ1v) is 28.7. The Kier molecular flexibility index (Phi) is 51.5. The third-order valence-electron chi connectivity index (χ3n) is 13.2. The molecule has 0 spiro atoms. The van der Waals surface area contributed by atoms with Crippen molar-refractivity contribution < 1.29 is 24.5 Å². The Morgan fingerprint density at radius 3 is 1.22 bits per heavy atom. The van der Waals surface area contributed by atoms with Gasteiger partial charge >= 0.3 is 5.97 Å². The van der Waals surface area contributed by atoms with Gasteiger partial charge in [0.25, 0.3) is 0 Å². The lowest BCUT2D eigenvalue weighted by Gasteiger charge is -2.24. The molecule has 0 saturated heterocycles. The van der Waals surface area contributed by atoms with E-state index in [9.17, 15) is 19.8 Å². The first-order chi connectivity index (χ1) is 32.0. The molecule has 6 nitrogen and oxygen atoms in total. The minimum absolute atomic E-state index is 0.0670. The third-order valence-corrected chi connectivity index (χ3v) is 13.2. The maximum absolute atomic E-state index is 13.3. The predicted molar refractivity (Wildman–Crippen MR) is 282 cm³/mol. The molecule has 6 heteroatoms. The molecule has 0 bridgehead atoms. The Morgan fingerprint density at radius 2 is 0.785 bits per heavy atom. The van der Waals surface area contributed by atoms with E-state index in [0.29, 0.717) is 19.3 Å². The number of rotatable bonds is 52. The van der Waals surface area contributed by atoms with Crippen LogP contribution >= 0.6 is 0 Å². The van der Waals surface area contributed by atoms with E-state index in [1.54, 1.807) is 0 Å². The highest BCUT2D eigenvalue weighted by atomic mass is 16.5. The van der Waals surface area contributed by atoms with Crippen molar-refractivity contribution in [3.05, 3.63) is 36.5 Å². The summed E-state index contributed by atoms with van der Waals surface area (Å²) in [5.41, 5.74) is 0. The first-order valence-electron chi connectivity index (χ1n) is 28.7. The van der Waals surface area contributed by atoms with Crippen LogP contribution in [-0.2, 0) is 14.3 Å². The second kappa shape index (κ2) is 53.0. The molecule has 3 atom stereocenters. The summed E-state index contributed by atoms with van der Waals surface area (Å²) in [6.07, 6.45) is 63.5. The molecular formula is C59H111NO5. The van der Waals surface area contributed by atoms with Crippen LogP contribution in [0.25, 0.3) is 0 Å². The van der Waals surface area contributed by atoms with Gasteiger partial charge in [0.05, 0.1) is 25.2 Å². The molecule has 0 saturated carbocycles. The van der Waals surface area contributed by atoms with E-state index in [-0.39, 0.29) is 24.9 Å². The van der Waals surface area contributed by atoms with Crippen LogP contribution in [0.1, 0.15) is 303 Å². The monoisotopic (exact) mass is 914 g/mol. The van der Waals surface area contributed by atoms with Crippen molar-refractivity contribution in [2.45, 2.75) is 322 Å². The molecule has 0 fully saturated rings. The zero-order valence-electron chi connectivity index (χ0n) is 43.6. The average Bonchev–Trinajstić information content (AvgIpc) is 3.30. The molecule has 0 aromatic carbocycles. The van der Waals surface area contributed by atoms with Gasteiger partial charge < -0.3 is 20.3 Å². The maximum atomic E-state index is 13.3. The molecule has 0 aromatic heterocycles. The Morgan fingerprint density at radius 1 is 0.446 bits per heavy atom. The lowest BCUT2D eigenvalue weighted by atomic mass is 10.0. The molecule has 0 radical (unpaired) electrons. The molecule has 0 aromatic rings. The van der Waals surface area contributed by atoms with E-state index in [1.807, 2.05) is 0 Å². The van der Waals surface area contributed by atoms with Crippen molar-refractivity contribution in [2.75, 3.05) is 6.61 Å². The van der Waals surface area contributed by atoms with Gasteiger partial charge in [-0.1, -0.05) is 263 Å². The highest BCUT2D eigenvalue weighted by molar-refractivity contribution is 5.77. The van der Waals surface area contributed by atoms with Gasteiger partial charge in [-0.25, -0.2) is 0 Å². The average molecular weight is 915 g/mol. The number of hydrogen-bond donors (Lipinski definition) is 3. The molecule has 3 N–H and O–H groups in total. The van der Waals surface area contributed by atoms with E-state index >= 15 is 0 Å². The molecule has 3 unspecified atom stereocenters. The lowest BCUT2D eigenvalue weighted by molar-refractivity contribution is -0.151. The quantitative estimate of drug-likeness (QED) is 0.0321. The smallest absolute Gasteiger partial charge is 0.306 e. The normalized spacial score (nSPS) is 13.4. The molecule has 0 heterocycles. The predicted octanol–water partition coefficient (Wildman–Crippen LogP) is 17.6. The fourth-order valence-electron chi connectivity index (χ4n) is 8.85. The Bertz CT molecular complexity index is 1070. The number of hydrogen-bond acceptors (Lipinski definition) is 5. The Labute approximate surface area is 404 Å². The van der Waals surface area contributed by atoms with Crippen LogP contribution in [0.15, 0.2) is 36.5 Å². The molecule has 65 heavy (non-hydrogen) atoms. The molecule has 382 valence electrons. The van der Waals surface area contributed by atoms with Gasteiger partial charge in [0.2, 0.25) is 5.91 Å². The van der Waals surface area contributed by atoms with Gasteiger partial charge in [0.1, 0.15) is 6.10 Å². The highest BCUT2D eigenvalue weighted by Crippen LogP contribution is 2.18. The molecule has 0 rings (SSSR count). The second-order valence-electron chi connectivity index (χ2n) is 19.7. The number of carbonyl (C=O) groups is 2. The van der Waals surface area contributed by atoms with Crippen LogP contribution in [0.5, 0.6) is 0 Å². The van der Waals surface area contributed by atoms with E-state index in [4.69, 9.17) is 4.74 Å². The van der Waals surface area contributed by atoms with Gasteiger partial charge in [-0.2, -0.15) is 0 Å². The second-order valence-corrected chi connectivity index (χ2v) is 19.7. The summed E-state index contributed by atoms with van der Waals surface area (Å²) in [5, 5.41) is 23.9. The Hall–Kier alpha value is -1.92. The largest absolute Gasteiger partial charge is 0.462 e. The van der Waals surface area contributed by atoms with Crippen LogP contribution < -0.4 is 5.32 Å². The first kappa shape index (κ1) is 63.1. The van der Waals surface area contributed by atoms with E-state index in [2.05, 4.69) is 62.5 Å². The number of ether oxygens (including phenoxy) is 1. The molecule has 1 amide bonds. The number of unbranched alkanes of at least 4 members (excludes halogenated alkanes) is 34. The zero-order chi connectivity index (χ0) is 47.4. The Balaban J connectivity index is 4.57. The number of amides is 1. The summed E-state index contributed by atoms with van der Waals surface area (Å²) in [6.45, 7) is 6.48. The zero-order valence-corrected chi connectivity index (χ0v) is 43.6. The highest BCUT2D eigenvalue weighted by Gasteiger charge is 2.24. The van der Waals surface area contributed by atoms with E-state index in [0.717, 1.165) is 77.0 Å². The summed E-state index contributed by atoms with van der Waals surface area (Å²) in [7, 11) is 0. The van der Waals surface area contributed by atoms with Crippen LogP contribution in [0.3, 0.4) is 0 Å². The lowest BCUT2D eigenvalue weighted by Crippen LogP contribution is -2.46. The summed E-state index contributed by atoms with van der Waals surface area (Å²) in [5.74, 6) is -0.480. The van der Waals surface area contributed by atoms with Crippen molar-refractivity contribution in [3.8, 4) is 0 Å². The number of nitrogens with one attached hydrogen (secondary N) is 1. The molecule has 0 aliphatic rings. The van der Waals surface area contributed by atoms with Gasteiger partial charge in [0.15, 0.2) is 0 Å². The molecule has 0 aliphatic carbocycles. The van der Waals surface area contributed by atoms with Crippen molar-refractivity contribution in [2.24, 2.45) is 0 Å². The molecular weight excluding hydrogens is 803 g/mol. The number of allylic oxidation sites excluding steroid dienone is 6. The fourth-order valence-corrected chi connectivity index (χ4v) is 8.85. The summed E-state index contributed by atoms with van der Waals surface area (Å²) in [6, 6.07) is -0.707. The van der Waals surface area contributed by atoms with Gasteiger partial charge in [-0.05, 0) is 64.2 Å². The van der Waals surface area contributed by atoms with Crippen molar-refractivity contribution in [1.29, 1.82) is 0 Å². The summed E-state index contributed by atoms with van der Waals surface area (Å²) < 4.78 is 5.95. The minimum Gasteiger partial charge on any atom is -0.462 e. The summed E-state index contributed by atoms with van der Waals surface area (Å²) in [4.78, 5) is 26.2. The van der Waals surface area contributed by atoms with E-state index in [1.165, 1.54) is 180 Å². The van der Waals surface area contributed by atoms with Gasteiger partial charge in [-0.3, -0.25) is 9.59 Å². The summed E-state index contributed by atoms with van der Waals surface area (Å²) >= 11 is 0. The van der Waals surface area contributed by atoms with E-state index < -0.39 is 18.2 Å². The number of aliphatic hydroxyl groups excluding tert-OH is 2. The van der Waals surface area contributed by atoms with Gasteiger partial charge in [0, 0.05) is 6.42 Å². The van der Waals surface area contributed by atoms with Crippen molar-refractivity contribution >= 4 is 11.9 Å². The topological polar surface area (TPSA) is 95.9 Å². The standard InChI is InChI=1S/C59H111NO5/c1-4-7-10-13-16-19-22-25-27-29-30-33-35-38-41-44-47-50-55(65-59(64)52-49-46-43-40-37-32-24-21-18-15-12-9-6-3)53-58(63)60-56(54-61)57(62)51-48-45-42-39-36-34-31-28-26-23-20-17-14-11-8-5-2/h16,19,25,27,30,33,55-57,61-62H,4-15,17-18,20-24,26,28-29,31-32,34-54H2,1-3H3,(H,60,63)/b19-16-,27-25-,33-30-. The van der Waals surface area contributed by atoms with Crippen LogP contribution in [-0.4, -0.2) is 46.9 Å². The minimum atomic E-state index is -0.792. The van der Waals surface area contributed by atoms with Crippen molar-refractivity contribution in [3.63, 3.8) is 0 Å². The van der Waals surface area contributed by atoms with Crippen molar-refractivity contribution in [1.82, 2.24) is 5.32 Å². The number of carbonyl (C=O) groups excluding carboxylic acids is 2. The fraction of sp³-hybridized carbons (Fsp3) is 0.864. The van der Waals surface area contributed by atoms with Gasteiger partial charge in [-0.15, -0.1) is 0 Å². The molecule has 0 aliphatic heterocycles. The third kappa shape index (κ3) is 48.3. The van der Waals surface area contributed by atoms with Crippen LogP contribution in [0, 0.1) is 0 Å². The maximum Gasteiger partial charge on any atom is 0.306 e.